The zero-order valence-corrected chi connectivity index (χ0v) is 15.4. The third kappa shape index (κ3) is 3.90. The van der Waals surface area contributed by atoms with Crippen LogP contribution >= 0.6 is 11.6 Å². The molecule has 8 heteroatoms. The van der Waals surface area contributed by atoms with Gasteiger partial charge in [-0.2, -0.15) is 4.31 Å². The zero-order chi connectivity index (χ0) is 18.7. The standard InChI is InChI=1S/C18H18ClFN2O3S/c19-13-8-10-14(11-9-13)26(24,25)22-12-4-3-7-17(22)18(23)21-16-6-2-1-5-15(16)20/h1-2,5-6,8-11,17H,3-4,7,12H2,(H,21,23). The largest absolute Gasteiger partial charge is 0.322 e. The second kappa shape index (κ2) is 7.73. The Bertz CT molecular complexity index is 903. The van der Waals surface area contributed by atoms with E-state index in [0.29, 0.717) is 17.9 Å². The van der Waals surface area contributed by atoms with E-state index in [1.165, 1.54) is 46.8 Å². The summed E-state index contributed by atoms with van der Waals surface area (Å²) in [6, 6.07) is 10.7. The van der Waals surface area contributed by atoms with E-state index in [-0.39, 0.29) is 17.1 Å². The molecule has 1 unspecified atom stereocenters. The summed E-state index contributed by atoms with van der Waals surface area (Å²) in [4.78, 5) is 12.7. The highest BCUT2D eigenvalue weighted by Crippen LogP contribution is 2.27. The Morgan fingerprint density at radius 1 is 1.12 bits per heavy atom. The van der Waals surface area contributed by atoms with Crippen molar-refractivity contribution in [3.8, 4) is 0 Å². The molecule has 1 atom stereocenters. The maximum absolute atomic E-state index is 13.8. The molecule has 1 saturated heterocycles. The lowest BCUT2D eigenvalue weighted by atomic mass is 10.0. The molecule has 2 aromatic rings. The highest BCUT2D eigenvalue weighted by Gasteiger charge is 2.37. The number of amides is 1. The van der Waals surface area contributed by atoms with E-state index in [4.69, 9.17) is 11.6 Å². The number of hydrogen-bond donors (Lipinski definition) is 1. The molecule has 0 saturated carbocycles. The summed E-state index contributed by atoms with van der Waals surface area (Å²) in [5.74, 6) is -1.10. The summed E-state index contributed by atoms with van der Waals surface area (Å²) in [6.07, 6.45) is 1.77. The SMILES string of the molecule is O=C(Nc1ccccc1F)C1CCCCN1S(=O)(=O)c1ccc(Cl)cc1. The number of nitrogens with zero attached hydrogens (tertiary/aromatic N) is 1. The Kier molecular flexibility index (Phi) is 5.60. The van der Waals surface area contributed by atoms with Crippen LogP contribution in [-0.2, 0) is 14.8 Å². The van der Waals surface area contributed by atoms with Gasteiger partial charge >= 0.3 is 0 Å². The number of anilines is 1. The number of nitrogens with one attached hydrogen (secondary N) is 1. The van der Waals surface area contributed by atoms with Crippen molar-refractivity contribution in [3.05, 3.63) is 59.4 Å². The third-order valence-corrected chi connectivity index (χ3v) is 6.48. The summed E-state index contributed by atoms with van der Waals surface area (Å²) < 4.78 is 40.9. The van der Waals surface area contributed by atoms with Gasteiger partial charge in [-0.3, -0.25) is 4.79 Å². The summed E-state index contributed by atoms with van der Waals surface area (Å²) >= 11 is 5.82. The molecule has 0 radical (unpaired) electrons. The Hall–Kier alpha value is -1.96. The number of para-hydroxylation sites is 1. The average molecular weight is 397 g/mol. The number of carbonyl (C=O) groups is 1. The van der Waals surface area contributed by atoms with Gasteiger partial charge in [0.1, 0.15) is 11.9 Å². The lowest BCUT2D eigenvalue weighted by Gasteiger charge is -2.33. The molecule has 5 nitrogen and oxygen atoms in total. The highest BCUT2D eigenvalue weighted by molar-refractivity contribution is 7.89. The fraction of sp³-hybridized carbons (Fsp3) is 0.278. The van der Waals surface area contributed by atoms with Crippen molar-refractivity contribution < 1.29 is 17.6 Å². The maximum Gasteiger partial charge on any atom is 0.243 e. The fourth-order valence-electron chi connectivity index (χ4n) is 2.98. The Morgan fingerprint density at radius 2 is 1.81 bits per heavy atom. The first-order valence-corrected chi connectivity index (χ1v) is 10.0. The van der Waals surface area contributed by atoms with Gasteiger partial charge < -0.3 is 5.32 Å². The Balaban J connectivity index is 1.86. The molecular weight excluding hydrogens is 379 g/mol. The molecule has 1 fully saturated rings. The predicted molar refractivity (Wildman–Crippen MR) is 98.0 cm³/mol. The number of hydrogen-bond acceptors (Lipinski definition) is 3. The van der Waals surface area contributed by atoms with Crippen LogP contribution in [0.3, 0.4) is 0 Å². The van der Waals surface area contributed by atoms with Crippen LogP contribution in [0.25, 0.3) is 0 Å². The Labute approximate surface area is 156 Å². The maximum atomic E-state index is 13.8. The minimum absolute atomic E-state index is 0.0342. The van der Waals surface area contributed by atoms with E-state index < -0.39 is 27.8 Å². The van der Waals surface area contributed by atoms with Crippen LogP contribution < -0.4 is 5.32 Å². The zero-order valence-electron chi connectivity index (χ0n) is 13.9. The normalized spacial score (nSPS) is 18.5. The van der Waals surface area contributed by atoms with Crippen molar-refractivity contribution in [2.45, 2.75) is 30.2 Å². The van der Waals surface area contributed by atoms with E-state index in [1.807, 2.05) is 0 Å². The van der Waals surface area contributed by atoms with Gasteiger partial charge in [0.05, 0.1) is 10.6 Å². The van der Waals surface area contributed by atoms with Gasteiger partial charge in [0.2, 0.25) is 15.9 Å². The lowest BCUT2D eigenvalue weighted by molar-refractivity contribution is -0.120. The quantitative estimate of drug-likeness (QED) is 0.857. The molecule has 0 spiro atoms. The molecule has 1 amide bonds. The first kappa shape index (κ1) is 18.8. The van der Waals surface area contributed by atoms with Gasteiger partial charge in [0.15, 0.2) is 0 Å². The molecule has 26 heavy (non-hydrogen) atoms. The molecule has 2 aromatic carbocycles. The highest BCUT2D eigenvalue weighted by atomic mass is 35.5. The van der Waals surface area contributed by atoms with E-state index >= 15 is 0 Å². The molecule has 3 rings (SSSR count). The molecule has 1 aliphatic heterocycles. The summed E-state index contributed by atoms with van der Waals surface area (Å²) in [5, 5.41) is 2.93. The average Bonchev–Trinajstić information content (AvgIpc) is 2.64. The van der Waals surface area contributed by atoms with Gasteiger partial charge in [-0.25, -0.2) is 12.8 Å². The monoisotopic (exact) mass is 396 g/mol. The number of sulfonamides is 1. The molecule has 0 aliphatic carbocycles. The van der Waals surface area contributed by atoms with Crippen LogP contribution in [0.4, 0.5) is 10.1 Å². The van der Waals surface area contributed by atoms with Gasteiger partial charge in [-0.1, -0.05) is 30.2 Å². The van der Waals surface area contributed by atoms with E-state index in [1.54, 1.807) is 6.07 Å². The summed E-state index contributed by atoms with van der Waals surface area (Å²) in [6.45, 7) is 0.236. The first-order valence-electron chi connectivity index (χ1n) is 8.22. The van der Waals surface area contributed by atoms with Gasteiger partial charge in [-0.05, 0) is 49.2 Å². The molecule has 138 valence electrons. The number of rotatable bonds is 4. The lowest BCUT2D eigenvalue weighted by Crippen LogP contribution is -2.49. The van der Waals surface area contributed by atoms with Crippen molar-refractivity contribution in [1.29, 1.82) is 0 Å². The first-order chi connectivity index (χ1) is 12.4. The fourth-order valence-corrected chi connectivity index (χ4v) is 4.76. The van der Waals surface area contributed by atoms with E-state index in [9.17, 15) is 17.6 Å². The third-order valence-electron chi connectivity index (χ3n) is 4.31. The second-order valence-corrected chi connectivity index (χ2v) is 8.38. The summed E-state index contributed by atoms with van der Waals surface area (Å²) in [7, 11) is -3.86. The summed E-state index contributed by atoms with van der Waals surface area (Å²) in [5.41, 5.74) is 0.0342. The van der Waals surface area contributed by atoms with Crippen molar-refractivity contribution in [1.82, 2.24) is 4.31 Å². The molecular formula is C18H18ClFN2O3S. The van der Waals surface area contributed by atoms with Gasteiger partial charge in [0, 0.05) is 11.6 Å². The van der Waals surface area contributed by atoms with E-state index in [2.05, 4.69) is 5.32 Å². The van der Waals surface area contributed by atoms with Crippen LogP contribution in [0.15, 0.2) is 53.4 Å². The van der Waals surface area contributed by atoms with Crippen LogP contribution in [0.5, 0.6) is 0 Å². The minimum atomic E-state index is -3.86. The number of halogens is 2. The molecule has 0 aromatic heterocycles. The van der Waals surface area contributed by atoms with Crippen LogP contribution in [-0.4, -0.2) is 31.2 Å². The topological polar surface area (TPSA) is 66.5 Å². The second-order valence-electron chi connectivity index (χ2n) is 6.05. The number of benzene rings is 2. The van der Waals surface area contributed by atoms with Crippen LogP contribution in [0.1, 0.15) is 19.3 Å². The van der Waals surface area contributed by atoms with E-state index in [0.717, 1.165) is 6.42 Å². The van der Waals surface area contributed by atoms with Gasteiger partial charge in [-0.15, -0.1) is 0 Å². The minimum Gasteiger partial charge on any atom is -0.322 e. The van der Waals surface area contributed by atoms with Gasteiger partial charge in [0.25, 0.3) is 0 Å². The number of carbonyl (C=O) groups excluding carboxylic acids is 1. The molecule has 1 N–H and O–H groups in total. The predicted octanol–water partition coefficient (Wildman–Crippen LogP) is 3.66. The molecule has 0 bridgehead atoms. The smallest absolute Gasteiger partial charge is 0.243 e. The van der Waals surface area contributed by atoms with Crippen molar-refractivity contribution in [2.24, 2.45) is 0 Å². The molecule has 1 heterocycles. The van der Waals surface area contributed by atoms with Crippen LogP contribution in [0.2, 0.25) is 5.02 Å². The van der Waals surface area contributed by atoms with Crippen molar-refractivity contribution >= 4 is 33.2 Å². The van der Waals surface area contributed by atoms with Crippen molar-refractivity contribution in [3.63, 3.8) is 0 Å². The Morgan fingerprint density at radius 3 is 2.50 bits per heavy atom. The molecule has 1 aliphatic rings. The number of piperidine rings is 1. The van der Waals surface area contributed by atoms with Crippen molar-refractivity contribution in [2.75, 3.05) is 11.9 Å². The van der Waals surface area contributed by atoms with Crippen LogP contribution in [0, 0.1) is 5.82 Å².